The van der Waals surface area contributed by atoms with Crippen LogP contribution in [0.25, 0.3) is 10.9 Å². The van der Waals surface area contributed by atoms with Crippen LogP contribution in [0.15, 0.2) is 79.0 Å². The van der Waals surface area contributed by atoms with Gasteiger partial charge in [0.05, 0.1) is 0 Å². The Morgan fingerprint density at radius 1 is 1.00 bits per heavy atom. The first-order chi connectivity index (χ1) is 16.0. The zero-order chi connectivity index (χ0) is 23.2. The summed E-state index contributed by atoms with van der Waals surface area (Å²) >= 11 is 0. The van der Waals surface area contributed by atoms with E-state index in [1.807, 2.05) is 12.1 Å². The second-order valence-electron chi connectivity index (χ2n) is 8.73. The number of fused-ring (bicyclic) bond motifs is 1. The van der Waals surface area contributed by atoms with Crippen LogP contribution in [0.2, 0.25) is 0 Å². The number of para-hydroxylation sites is 1. The van der Waals surface area contributed by atoms with Crippen molar-refractivity contribution < 1.29 is 9.18 Å². The van der Waals surface area contributed by atoms with Gasteiger partial charge in [0.2, 0.25) is 5.91 Å². The lowest BCUT2D eigenvalue weighted by Gasteiger charge is -2.17. The third kappa shape index (κ3) is 5.51. The van der Waals surface area contributed by atoms with Crippen molar-refractivity contribution in [1.29, 1.82) is 0 Å². The third-order valence-electron chi connectivity index (χ3n) is 6.18. The highest BCUT2D eigenvalue weighted by molar-refractivity contribution is 5.86. The molecule has 3 nitrogen and oxygen atoms in total. The molecule has 0 radical (unpaired) electrons. The number of benzene rings is 3. The highest BCUT2D eigenvalue weighted by Gasteiger charge is 2.23. The second-order valence-corrected chi connectivity index (χ2v) is 8.73. The summed E-state index contributed by atoms with van der Waals surface area (Å²) in [5.74, 6) is -0.406. The number of carbonyl (C=O) groups is 1. The van der Waals surface area contributed by atoms with E-state index in [4.69, 9.17) is 0 Å². The minimum absolute atomic E-state index is 0.0214. The molecule has 4 aromatic rings. The van der Waals surface area contributed by atoms with Crippen LogP contribution in [0.4, 0.5) is 4.39 Å². The third-order valence-corrected chi connectivity index (χ3v) is 6.18. The van der Waals surface area contributed by atoms with Crippen molar-refractivity contribution in [1.82, 2.24) is 9.88 Å². The number of amides is 1. The molecule has 1 heterocycles. The van der Waals surface area contributed by atoms with E-state index < -0.39 is 0 Å². The van der Waals surface area contributed by atoms with Crippen LogP contribution in [0.1, 0.15) is 54.4 Å². The first-order valence-corrected chi connectivity index (χ1v) is 11.7. The minimum atomic E-state index is -0.272. The maximum absolute atomic E-state index is 13.7. The van der Waals surface area contributed by atoms with Crippen molar-refractivity contribution in [2.45, 2.75) is 45.6 Å². The van der Waals surface area contributed by atoms with Crippen LogP contribution in [0, 0.1) is 12.7 Å². The van der Waals surface area contributed by atoms with Gasteiger partial charge in [-0.3, -0.25) is 4.79 Å². The highest BCUT2D eigenvalue weighted by atomic mass is 19.1. The van der Waals surface area contributed by atoms with Crippen molar-refractivity contribution in [3.8, 4) is 0 Å². The zero-order valence-electron chi connectivity index (χ0n) is 19.4. The van der Waals surface area contributed by atoms with E-state index >= 15 is 0 Å². The fraction of sp³-hybridized carbons (Fsp3) is 0.276. The van der Waals surface area contributed by atoms with Gasteiger partial charge in [-0.1, -0.05) is 73.5 Å². The van der Waals surface area contributed by atoms with Crippen LogP contribution in [-0.2, 0) is 11.3 Å². The molecular formula is C29H31FN2O. The molecule has 0 aliphatic heterocycles. The predicted octanol–water partition coefficient (Wildman–Crippen LogP) is 6.58. The molecule has 4 rings (SSSR count). The molecule has 0 fully saturated rings. The van der Waals surface area contributed by atoms with Crippen LogP contribution >= 0.6 is 0 Å². The maximum Gasteiger partial charge on any atom is 0.220 e. The number of nitrogens with one attached hydrogen (secondary N) is 1. The number of unbranched alkanes of at least 4 members (excludes halogenated alkanes) is 1. The molecule has 33 heavy (non-hydrogen) atoms. The van der Waals surface area contributed by atoms with Gasteiger partial charge in [0.1, 0.15) is 5.82 Å². The Labute approximate surface area is 195 Å². The van der Waals surface area contributed by atoms with Gasteiger partial charge in [-0.05, 0) is 48.2 Å². The number of carbonyl (C=O) groups excluding carboxylic acids is 1. The quantitative estimate of drug-likeness (QED) is 0.292. The summed E-state index contributed by atoms with van der Waals surface area (Å²) in [6.07, 6.45) is 4.49. The summed E-state index contributed by atoms with van der Waals surface area (Å²) in [6.45, 7) is 5.63. The maximum atomic E-state index is 13.7. The molecule has 4 heteroatoms. The molecule has 1 atom stereocenters. The molecule has 1 aromatic heterocycles. The van der Waals surface area contributed by atoms with E-state index in [0.717, 1.165) is 41.4 Å². The Hall–Kier alpha value is -3.40. The lowest BCUT2D eigenvalue weighted by molar-refractivity contribution is -0.121. The fourth-order valence-electron chi connectivity index (χ4n) is 4.34. The van der Waals surface area contributed by atoms with Crippen molar-refractivity contribution in [3.05, 3.63) is 107 Å². The smallest absolute Gasteiger partial charge is 0.220 e. The van der Waals surface area contributed by atoms with Gasteiger partial charge in [-0.25, -0.2) is 4.39 Å². The molecule has 0 bridgehead atoms. The summed E-state index contributed by atoms with van der Waals surface area (Å²) in [7, 11) is 0. The molecule has 0 saturated heterocycles. The van der Waals surface area contributed by atoms with Crippen molar-refractivity contribution in [3.63, 3.8) is 0 Å². The molecule has 1 amide bonds. The number of aromatic nitrogens is 1. The van der Waals surface area contributed by atoms with E-state index in [2.05, 4.69) is 66.3 Å². The Morgan fingerprint density at radius 3 is 2.45 bits per heavy atom. The standard InChI is InChI=1S/C29H31FN2O/c1-3-4-17-31-29(33)18-26(23-13-15-24(30)16-14-23)27-20-32(28-8-6-5-7-25(27)28)19-22-11-9-21(2)10-12-22/h5-16,20,26H,3-4,17-19H2,1-2H3,(H,31,33)/t26-/m0/s1. The minimum Gasteiger partial charge on any atom is -0.356 e. The van der Waals surface area contributed by atoms with Gasteiger partial charge >= 0.3 is 0 Å². The number of hydrogen-bond donors (Lipinski definition) is 1. The number of rotatable bonds is 9. The van der Waals surface area contributed by atoms with Crippen molar-refractivity contribution in [2.75, 3.05) is 6.54 Å². The predicted molar refractivity (Wildman–Crippen MR) is 133 cm³/mol. The zero-order valence-corrected chi connectivity index (χ0v) is 19.4. The SMILES string of the molecule is CCCCNC(=O)C[C@@H](c1ccc(F)cc1)c1cn(Cc2ccc(C)cc2)c2ccccc12. The fourth-order valence-corrected chi connectivity index (χ4v) is 4.34. The van der Waals surface area contributed by atoms with Gasteiger partial charge in [-0.15, -0.1) is 0 Å². The van der Waals surface area contributed by atoms with Gasteiger partial charge in [0.15, 0.2) is 0 Å². The molecule has 0 aliphatic rings. The van der Waals surface area contributed by atoms with E-state index in [1.54, 1.807) is 12.1 Å². The first-order valence-electron chi connectivity index (χ1n) is 11.7. The Balaban J connectivity index is 1.73. The monoisotopic (exact) mass is 442 g/mol. The summed E-state index contributed by atoms with van der Waals surface area (Å²) in [5, 5.41) is 4.17. The van der Waals surface area contributed by atoms with Crippen LogP contribution < -0.4 is 5.32 Å². The summed E-state index contributed by atoms with van der Waals surface area (Å²) in [5.41, 5.74) is 5.63. The molecule has 170 valence electrons. The average molecular weight is 443 g/mol. The topological polar surface area (TPSA) is 34.0 Å². The van der Waals surface area contributed by atoms with Gasteiger partial charge < -0.3 is 9.88 Å². The summed E-state index contributed by atoms with van der Waals surface area (Å²) in [6, 6.07) is 23.4. The summed E-state index contributed by atoms with van der Waals surface area (Å²) < 4.78 is 15.9. The lowest BCUT2D eigenvalue weighted by Crippen LogP contribution is -2.26. The average Bonchev–Trinajstić information content (AvgIpc) is 3.18. The van der Waals surface area contributed by atoms with E-state index in [-0.39, 0.29) is 17.6 Å². The van der Waals surface area contributed by atoms with Crippen LogP contribution in [0.3, 0.4) is 0 Å². The normalized spacial score (nSPS) is 12.1. The first kappa shape index (κ1) is 22.8. The van der Waals surface area contributed by atoms with E-state index in [9.17, 15) is 9.18 Å². The Kier molecular flexibility index (Phi) is 7.23. The molecule has 0 saturated carbocycles. The molecule has 0 spiro atoms. The Bertz CT molecular complexity index is 1210. The van der Waals surface area contributed by atoms with Crippen molar-refractivity contribution in [2.24, 2.45) is 0 Å². The van der Waals surface area contributed by atoms with Crippen LogP contribution in [0.5, 0.6) is 0 Å². The Morgan fingerprint density at radius 2 is 1.73 bits per heavy atom. The number of hydrogen-bond acceptors (Lipinski definition) is 1. The van der Waals surface area contributed by atoms with Gasteiger partial charge in [0.25, 0.3) is 0 Å². The molecule has 0 aliphatic carbocycles. The highest BCUT2D eigenvalue weighted by Crippen LogP contribution is 2.35. The second kappa shape index (κ2) is 10.5. The molecule has 0 unspecified atom stereocenters. The number of halogens is 1. The largest absolute Gasteiger partial charge is 0.356 e. The lowest BCUT2D eigenvalue weighted by atomic mass is 9.88. The van der Waals surface area contributed by atoms with Gasteiger partial charge in [-0.2, -0.15) is 0 Å². The van der Waals surface area contributed by atoms with Gasteiger partial charge in [0, 0.05) is 42.5 Å². The number of nitrogens with zero attached hydrogens (tertiary/aromatic N) is 1. The molecular weight excluding hydrogens is 411 g/mol. The summed E-state index contributed by atoms with van der Waals surface area (Å²) in [4.78, 5) is 12.8. The van der Waals surface area contributed by atoms with Crippen LogP contribution in [-0.4, -0.2) is 17.0 Å². The molecule has 3 aromatic carbocycles. The number of aryl methyl sites for hydroxylation is 1. The van der Waals surface area contributed by atoms with E-state index in [1.165, 1.54) is 23.3 Å². The molecule has 1 N–H and O–H groups in total. The van der Waals surface area contributed by atoms with E-state index in [0.29, 0.717) is 13.0 Å². The van der Waals surface area contributed by atoms with Crippen molar-refractivity contribution >= 4 is 16.8 Å².